The van der Waals surface area contributed by atoms with Crippen LogP contribution in [0.5, 0.6) is 0 Å². The van der Waals surface area contributed by atoms with Gasteiger partial charge in [-0.3, -0.25) is 0 Å². The van der Waals surface area contributed by atoms with Crippen molar-refractivity contribution in [2.75, 3.05) is 19.5 Å². The van der Waals surface area contributed by atoms with E-state index in [9.17, 15) is 21.6 Å². The van der Waals surface area contributed by atoms with Gasteiger partial charge in [-0.15, -0.1) is 0 Å². The summed E-state index contributed by atoms with van der Waals surface area (Å²) < 4.78 is 63.2. The first kappa shape index (κ1) is 20.6. The highest BCUT2D eigenvalue weighted by molar-refractivity contribution is 7.93. The number of carbonyl (C=O) groups excluding carboxylic acids is 1. The van der Waals surface area contributed by atoms with Crippen molar-refractivity contribution in [3.8, 4) is 0 Å². The highest BCUT2D eigenvalue weighted by atomic mass is 32.2. The molecule has 0 saturated carbocycles. The molecule has 0 aliphatic carbocycles. The van der Waals surface area contributed by atoms with E-state index in [0.717, 1.165) is 18.4 Å². The average molecular weight is 409 g/mol. The van der Waals surface area contributed by atoms with Crippen LogP contribution in [0, 0.1) is 0 Å². The third kappa shape index (κ3) is 5.38. The van der Waals surface area contributed by atoms with E-state index in [0.29, 0.717) is 0 Å². The Morgan fingerprint density at radius 2 is 1.85 bits per heavy atom. The number of rotatable bonds is 6. The van der Waals surface area contributed by atoms with Gasteiger partial charge >= 0.3 is 6.16 Å². The summed E-state index contributed by atoms with van der Waals surface area (Å²) in [6.45, 7) is 3.38. The molecule has 12 heteroatoms. The van der Waals surface area contributed by atoms with Gasteiger partial charge in [0.2, 0.25) is 0 Å². The van der Waals surface area contributed by atoms with Gasteiger partial charge in [-0.05, 0) is 30.9 Å². The van der Waals surface area contributed by atoms with Crippen molar-refractivity contribution in [3.05, 3.63) is 24.3 Å². The van der Waals surface area contributed by atoms with Crippen LogP contribution in [0.4, 0.5) is 4.79 Å². The lowest BCUT2D eigenvalue weighted by atomic mass is 10.4. The molecular weight excluding hydrogens is 390 g/mol. The van der Waals surface area contributed by atoms with Crippen molar-refractivity contribution in [1.82, 2.24) is 4.89 Å². The number of hydrogen-bond acceptors (Lipinski definition) is 9. The quantitative estimate of drug-likeness (QED) is 0.529. The smallest absolute Gasteiger partial charge is 0.430 e. The first-order valence-corrected chi connectivity index (χ1v) is 10.7. The minimum atomic E-state index is -4.43. The highest BCUT2D eigenvalue weighted by Crippen LogP contribution is 2.22. The molecule has 0 radical (unpaired) electrons. The molecule has 1 aromatic carbocycles. The van der Waals surface area contributed by atoms with Crippen molar-refractivity contribution >= 4 is 26.0 Å². The fourth-order valence-corrected chi connectivity index (χ4v) is 4.55. The van der Waals surface area contributed by atoms with Crippen LogP contribution >= 0.6 is 0 Å². The Labute approximate surface area is 151 Å². The van der Waals surface area contributed by atoms with Crippen molar-refractivity contribution in [3.63, 3.8) is 0 Å². The van der Waals surface area contributed by atoms with Gasteiger partial charge in [0.25, 0.3) is 10.0 Å². The van der Waals surface area contributed by atoms with Gasteiger partial charge in [0.1, 0.15) is 17.6 Å². The molecule has 1 heterocycles. The second kappa shape index (κ2) is 7.48. The van der Waals surface area contributed by atoms with Crippen molar-refractivity contribution < 1.29 is 40.7 Å². The Morgan fingerprint density at radius 3 is 2.38 bits per heavy atom. The summed E-state index contributed by atoms with van der Waals surface area (Å²) in [6, 6.07) is 4.90. The molecule has 0 bridgehead atoms. The summed E-state index contributed by atoms with van der Waals surface area (Å²) in [5.74, 6) is -0.797. The van der Waals surface area contributed by atoms with Crippen LogP contribution in [0.15, 0.2) is 34.1 Å². The van der Waals surface area contributed by atoms with Crippen molar-refractivity contribution in [2.45, 2.75) is 35.5 Å². The second-order valence-corrected chi connectivity index (χ2v) is 9.52. The number of nitrogens with one attached hydrogen (secondary N) is 1. The Morgan fingerprint density at radius 1 is 1.23 bits per heavy atom. The molecule has 1 aromatic rings. The van der Waals surface area contributed by atoms with E-state index >= 15 is 0 Å². The minimum Gasteiger partial charge on any atom is -0.430 e. The van der Waals surface area contributed by atoms with E-state index in [-0.39, 0.29) is 13.2 Å². The molecule has 0 spiro atoms. The number of hydrogen-bond donors (Lipinski definition) is 1. The summed E-state index contributed by atoms with van der Waals surface area (Å²) in [5, 5.41) is 0. The summed E-state index contributed by atoms with van der Waals surface area (Å²) in [4.78, 5) is 16.4. The molecule has 0 amide bonds. The second-order valence-electron chi connectivity index (χ2n) is 5.92. The lowest BCUT2D eigenvalue weighted by Crippen LogP contribution is -2.31. The standard InChI is InChI=1S/C14H19NO9S2/c1-14(2)22-9-10(23-14)8-21-13(16)24-15-26(19,20)12-7-5-4-6-11(12)25(3,17)18/h4-7,10,15H,8-9H2,1-3H3. The number of ether oxygens (including phenoxy) is 3. The van der Waals surface area contributed by atoms with Gasteiger partial charge in [0, 0.05) is 6.26 Å². The molecule has 2 rings (SSSR count). The fourth-order valence-electron chi connectivity index (χ4n) is 2.15. The van der Waals surface area contributed by atoms with Crippen LogP contribution in [0.1, 0.15) is 13.8 Å². The third-order valence-corrected chi connectivity index (χ3v) is 5.75. The predicted octanol–water partition coefficient (Wildman–Crippen LogP) is 0.588. The summed E-state index contributed by atoms with van der Waals surface area (Å²) in [7, 11) is -8.24. The first-order chi connectivity index (χ1) is 11.9. The lowest BCUT2D eigenvalue weighted by Gasteiger charge is -2.16. The zero-order valence-electron chi connectivity index (χ0n) is 14.3. The Kier molecular flexibility index (Phi) is 5.92. The van der Waals surface area contributed by atoms with Crippen LogP contribution < -0.4 is 4.89 Å². The monoisotopic (exact) mass is 409 g/mol. The van der Waals surface area contributed by atoms with Crippen LogP contribution in [0.3, 0.4) is 0 Å². The van der Waals surface area contributed by atoms with Crippen LogP contribution in [0.2, 0.25) is 0 Å². The number of carbonyl (C=O) groups is 1. The first-order valence-electron chi connectivity index (χ1n) is 7.37. The topological polar surface area (TPSA) is 134 Å². The molecule has 1 N–H and O–H groups in total. The van der Waals surface area contributed by atoms with E-state index in [1.807, 2.05) is 0 Å². The molecule has 1 aliphatic heterocycles. The van der Waals surface area contributed by atoms with Gasteiger partial charge in [0.05, 0.1) is 11.5 Å². The molecule has 1 atom stereocenters. The zero-order valence-corrected chi connectivity index (χ0v) is 15.9. The maximum Gasteiger partial charge on any atom is 0.528 e. The largest absolute Gasteiger partial charge is 0.528 e. The van der Waals surface area contributed by atoms with Crippen LogP contribution in [-0.2, 0) is 38.9 Å². The molecular formula is C14H19NO9S2. The normalized spacial score (nSPS) is 19.9. The van der Waals surface area contributed by atoms with E-state index in [4.69, 9.17) is 14.2 Å². The number of benzene rings is 1. The lowest BCUT2D eigenvalue weighted by molar-refractivity contribution is -0.143. The van der Waals surface area contributed by atoms with Gasteiger partial charge in [-0.2, -0.15) is 0 Å². The molecule has 26 heavy (non-hydrogen) atoms. The van der Waals surface area contributed by atoms with Crippen molar-refractivity contribution in [1.29, 1.82) is 0 Å². The minimum absolute atomic E-state index is 0.202. The molecule has 1 aliphatic rings. The summed E-state index contributed by atoms with van der Waals surface area (Å²) in [6.07, 6.45) is -0.972. The number of sulfonamides is 1. The van der Waals surface area contributed by atoms with Gasteiger partial charge in [0.15, 0.2) is 15.6 Å². The maximum absolute atomic E-state index is 12.2. The molecule has 10 nitrogen and oxygen atoms in total. The van der Waals surface area contributed by atoms with Crippen molar-refractivity contribution in [2.24, 2.45) is 0 Å². The molecule has 1 unspecified atom stereocenters. The highest BCUT2D eigenvalue weighted by Gasteiger charge is 2.33. The van der Waals surface area contributed by atoms with Gasteiger partial charge < -0.3 is 19.0 Å². The van der Waals surface area contributed by atoms with Gasteiger partial charge in [-0.25, -0.2) is 21.6 Å². The summed E-state index contributed by atoms with van der Waals surface area (Å²) >= 11 is 0. The van der Waals surface area contributed by atoms with E-state index in [1.54, 1.807) is 18.7 Å². The van der Waals surface area contributed by atoms with E-state index < -0.39 is 47.7 Å². The molecule has 1 saturated heterocycles. The average Bonchev–Trinajstić information content (AvgIpc) is 2.89. The molecule has 1 fully saturated rings. The SMILES string of the molecule is CC1(C)OCC(COC(=O)ONS(=O)(=O)c2ccccc2S(C)(=O)=O)O1. The Bertz CT molecular complexity index is 877. The molecule has 0 aromatic heterocycles. The zero-order chi connectivity index (χ0) is 19.6. The van der Waals surface area contributed by atoms with Gasteiger partial charge in [-0.1, -0.05) is 12.1 Å². The van der Waals surface area contributed by atoms with Crippen LogP contribution in [-0.4, -0.2) is 54.4 Å². The van der Waals surface area contributed by atoms with E-state index in [2.05, 4.69) is 4.84 Å². The number of sulfone groups is 1. The third-order valence-electron chi connectivity index (χ3n) is 3.23. The van der Waals surface area contributed by atoms with Crippen LogP contribution in [0.25, 0.3) is 0 Å². The fraction of sp³-hybridized carbons (Fsp3) is 0.500. The Balaban J connectivity index is 1.95. The predicted molar refractivity (Wildman–Crippen MR) is 87.2 cm³/mol. The molecule has 146 valence electrons. The Hall–Kier alpha value is -1.73. The van der Waals surface area contributed by atoms with E-state index in [1.165, 1.54) is 12.1 Å². The maximum atomic E-state index is 12.2. The summed E-state index contributed by atoms with van der Waals surface area (Å²) in [5.41, 5.74) is 0.